The third-order valence-electron chi connectivity index (χ3n) is 5.72. The number of benzene rings is 2. The zero-order valence-electron chi connectivity index (χ0n) is 20.0. The molecule has 0 aliphatic carbocycles. The number of hydrogen-bond donors (Lipinski definition) is 4. The molecule has 1 atom stereocenters. The predicted molar refractivity (Wildman–Crippen MR) is 136 cm³/mol. The van der Waals surface area contributed by atoms with Gasteiger partial charge in [-0.2, -0.15) is 0 Å². The first-order valence-corrected chi connectivity index (χ1v) is 11.5. The number of aliphatic hydroxyl groups is 1. The van der Waals surface area contributed by atoms with Crippen LogP contribution in [0.5, 0.6) is 5.75 Å². The van der Waals surface area contributed by atoms with Crippen molar-refractivity contribution in [3.8, 4) is 5.75 Å². The SMILES string of the molecule is CCN(C(=O)Cc1cccc(CC(C)(C)NC[C@@H](O)c2ccc(N)nc2)c1)c1cccc(O)c1. The van der Waals surface area contributed by atoms with Gasteiger partial charge in [0.2, 0.25) is 5.91 Å². The van der Waals surface area contributed by atoms with Crippen LogP contribution in [0.1, 0.15) is 43.6 Å². The van der Waals surface area contributed by atoms with Crippen molar-refractivity contribution in [2.45, 2.75) is 45.3 Å². The van der Waals surface area contributed by atoms with E-state index in [0.717, 1.165) is 17.5 Å². The quantitative estimate of drug-likeness (QED) is 0.366. The molecular formula is C27H34N4O3. The van der Waals surface area contributed by atoms with Crippen LogP contribution in [0.4, 0.5) is 11.5 Å². The van der Waals surface area contributed by atoms with Gasteiger partial charge in [-0.05, 0) is 56.5 Å². The van der Waals surface area contributed by atoms with E-state index in [1.807, 2.05) is 31.2 Å². The number of likely N-dealkylation sites (N-methyl/N-ethyl adjacent to an activating group) is 1. The molecule has 0 saturated heterocycles. The number of β-amino-alcohol motifs (C(OH)–C–C–N with tert-alkyl or cyclic N) is 1. The van der Waals surface area contributed by atoms with Gasteiger partial charge < -0.3 is 26.2 Å². The van der Waals surface area contributed by atoms with Crippen molar-refractivity contribution in [3.05, 3.63) is 83.6 Å². The van der Waals surface area contributed by atoms with E-state index in [0.29, 0.717) is 30.2 Å². The average Bonchev–Trinajstić information content (AvgIpc) is 2.78. The number of carbonyl (C=O) groups excluding carboxylic acids is 1. The Bertz CT molecular complexity index is 1100. The fourth-order valence-electron chi connectivity index (χ4n) is 3.96. The van der Waals surface area contributed by atoms with Gasteiger partial charge in [0.05, 0.1) is 12.5 Å². The number of aromatic nitrogens is 1. The number of rotatable bonds is 10. The third-order valence-corrected chi connectivity index (χ3v) is 5.72. The Hall–Kier alpha value is -3.42. The summed E-state index contributed by atoms with van der Waals surface area (Å²) in [4.78, 5) is 18.7. The number of nitrogen functional groups attached to an aromatic ring is 1. The van der Waals surface area contributed by atoms with Crippen molar-refractivity contribution in [1.82, 2.24) is 10.3 Å². The molecule has 0 fully saturated rings. The number of nitrogens with two attached hydrogens (primary N) is 1. The number of pyridine rings is 1. The monoisotopic (exact) mass is 462 g/mol. The van der Waals surface area contributed by atoms with Crippen molar-refractivity contribution >= 4 is 17.4 Å². The Morgan fingerprint density at radius 1 is 1.12 bits per heavy atom. The Morgan fingerprint density at radius 2 is 1.85 bits per heavy atom. The standard InChI is InChI=1S/C27H34N4O3/c1-4-31(22-9-6-10-23(32)15-22)26(34)14-19-7-5-8-20(13-19)16-27(2,3)30-18-24(33)21-11-12-25(28)29-17-21/h5-13,15,17,24,30,32-33H,4,14,16,18H2,1-3H3,(H2,28,29)/t24-/m1/s1. The molecule has 7 nitrogen and oxygen atoms in total. The van der Waals surface area contributed by atoms with Crippen LogP contribution in [-0.4, -0.2) is 39.7 Å². The Labute approximate surface area is 201 Å². The number of amides is 1. The Balaban J connectivity index is 1.61. The van der Waals surface area contributed by atoms with Gasteiger partial charge in [0.25, 0.3) is 0 Å². The summed E-state index contributed by atoms with van der Waals surface area (Å²) in [5.74, 6) is 0.535. The van der Waals surface area contributed by atoms with Crippen LogP contribution in [0.2, 0.25) is 0 Å². The van der Waals surface area contributed by atoms with Gasteiger partial charge in [0.15, 0.2) is 0 Å². The van der Waals surface area contributed by atoms with Gasteiger partial charge in [-0.1, -0.05) is 36.4 Å². The number of carbonyl (C=O) groups is 1. The highest BCUT2D eigenvalue weighted by Crippen LogP contribution is 2.22. The summed E-state index contributed by atoms with van der Waals surface area (Å²) in [6.45, 7) is 6.98. The summed E-state index contributed by atoms with van der Waals surface area (Å²) in [7, 11) is 0. The highest BCUT2D eigenvalue weighted by molar-refractivity contribution is 5.94. The van der Waals surface area contributed by atoms with Crippen LogP contribution in [-0.2, 0) is 17.6 Å². The maximum absolute atomic E-state index is 13.0. The number of phenols is 1. The fraction of sp³-hybridized carbons (Fsp3) is 0.333. The smallest absolute Gasteiger partial charge is 0.231 e. The fourth-order valence-corrected chi connectivity index (χ4v) is 3.96. The minimum Gasteiger partial charge on any atom is -0.508 e. The lowest BCUT2D eigenvalue weighted by molar-refractivity contribution is -0.117. The molecule has 0 aliphatic heterocycles. The molecule has 0 unspecified atom stereocenters. The summed E-state index contributed by atoms with van der Waals surface area (Å²) >= 11 is 0. The Morgan fingerprint density at radius 3 is 2.53 bits per heavy atom. The largest absolute Gasteiger partial charge is 0.508 e. The first-order chi connectivity index (χ1) is 16.2. The first-order valence-electron chi connectivity index (χ1n) is 11.5. The summed E-state index contributed by atoms with van der Waals surface area (Å²) in [5.41, 5.74) is 8.78. The number of hydrogen-bond acceptors (Lipinski definition) is 6. The molecule has 3 rings (SSSR count). The van der Waals surface area contributed by atoms with E-state index < -0.39 is 6.10 Å². The highest BCUT2D eigenvalue weighted by Gasteiger charge is 2.21. The number of aliphatic hydroxyl groups excluding tert-OH is 1. The van der Waals surface area contributed by atoms with Crippen molar-refractivity contribution in [3.63, 3.8) is 0 Å². The van der Waals surface area contributed by atoms with E-state index in [4.69, 9.17) is 5.73 Å². The van der Waals surface area contributed by atoms with Crippen LogP contribution in [0.15, 0.2) is 66.9 Å². The number of anilines is 2. The molecule has 0 radical (unpaired) electrons. The van der Waals surface area contributed by atoms with Crippen LogP contribution < -0.4 is 16.0 Å². The molecule has 1 amide bonds. The van der Waals surface area contributed by atoms with Crippen molar-refractivity contribution < 1.29 is 15.0 Å². The van der Waals surface area contributed by atoms with Crippen molar-refractivity contribution in [2.75, 3.05) is 23.7 Å². The molecule has 0 saturated carbocycles. The second-order valence-corrected chi connectivity index (χ2v) is 9.13. The lowest BCUT2D eigenvalue weighted by atomic mass is 9.93. The molecule has 5 N–H and O–H groups in total. The van der Waals surface area contributed by atoms with Crippen LogP contribution >= 0.6 is 0 Å². The molecule has 34 heavy (non-hydrogen) atoms. The molecule has 0 aliphatic rings. The Kier molecular flexibility index (Phi) is 8.26. The third kappa shape index (κ3) is 7.04. The lowest BCUT2D eigenvalue weighted by Gasteiger charge is -2.28. The van der Waals surface area contributed by atoms with Gasteiger partial charge in [0.1, 0.15) is 11.6 Å². The highest BCUT2D eigenvalue weighted by atomic mass is 16.3. The number of aromatic hydroxyl groups is 1. The normalized spacial score (nSPS) is 12.4. The zero-order valence-corrected chi connectivity index (χ0v) is 20.0. The molecule has 7 heteroatoms. The number of phenolic OH excluding ortho intramolecular Hbond substituents is 1. The maximum Gasteiger partial charge on any atom is 0.231 e. The van der Waals surface area contributed by atoms with Gasteiger partial charge in [0, 0.05) is 42.1 Å². The van der Waals surface area contributed by atoms with E-state index in [9.17, 15) is 15.0 Å². The van der Waals surface area contributed by atoms with Crippen molar-refractivity contribution in [2.24, 2.45) is 0 Å². The molecule has 0 spiro atoms. The lowest BCUT2D eigenvalue weighted by Crippen LogP contribution is -2.43. The first kappa shape index (κ1) is 25.2. The van der Waals surface area contributed by atoms with E-state index in [-0.39, 0.29) is 23.6 Å². The van der Waals surface area contributed by atoms with E-state index in [1.165, 1.54) is 0 Å². The second-order valence-electron chi connectivity index (χ2n) is 9.13. The summed E-state index contributed by atoms with van der Waals surface area (Å²) in [6, 6.07) is 18.2. The van der Waals surface area contributed by atoms with E-state index >= 15 is 0 Å². The minimum absolute atomic E-state index is 0.0251. The predicted octanol–water partition coefficient (Wildman–Crippen LogP) is 3.61. The van der Waals surface area contributed by atoms with Gasteiger partial charge in [-0.3, -0.25) is 4.79 Å². The van der Waals surface area contributed by atoms with Gasteiger partial charge in [-0.15, -0.1) is 0 Å². The molecule has 3 aromatic rings. The summed E-state index contributed by atoms with van der Waals surface area (Å²) < 4.78 is 0. The second kappa shape index (κ2) is 11.1. The van der Waals surface area contributed by atoms with Gasteiger partial charge in [-0.25, -0.2) is 4.98 Å². The van der Waals surface area contributed by atoms with Crippen LogP contribution in [0.3, 0.4) is 0 Å². The topological polar surface area (TPSA) is 112 Å². The van der Waals surface area contributed by atoms with E-state index in [2.05, 4.69) is 30.2 Å². The summed E-state index contributed by atoms with van der Waals surface area (Å²) in [5, 5.41) is 23.7. The molecule has 1 aromatic heterocycles. The summed E-state index contributed by atoms with van der Waals surface area (Å²) in [6.07, 6.45) is 1.90. The van der Waals surface area contributed by atoms with Crippen LogP contribution in [0.25, 0.3) is 0 Å². The zero-order chi connectivity index (χ0) is 24.7. The van der Waals surface area contributed by atoms with Crippen molar-refractivity contribution in [1.29, 1.82) is 0 Å². The molecule has 2 aromatic carbocycles. The van der Waals surface area contributed by atoms with E-state index in [1.54, 1.807) is 41.4 Å². The number of nitrogens with zero attached hydrogens (tertiary/aromatic N) is 2. The molecule has 0 bridgehead atoms. The minimum atomic E-state index is -0.686. The molecule has 180 valence electrons. The van der Waals surface area contributed by atoms with Gasteiger partial charge >= 0.3 is 0 Å². The molecular weight excluding hydrogens is 428 g/mol. The number of nitrogens with one attached hydrogen (secondary N) is 1. The average molecular weight is 463 g/mol. The van der Waals surface area contributed by atoms with Crippen LogP contribution in [0, 0.1) is 0 Å². The molecule has 1 heterocycles. The maximum atomic E-state index is 13.0.